The molecule has 5 nitrogen and oxygen atoms in total. The first kappa shape index (κ1) is 17.8. The van der Waals surface area contributed by atoms with Gasteiger partial charge in [-0.15, -0.1) is 0 Å². The molecule has 2 saturated heterocycles. The first-order chi connectivity index (χ1) is 12.0. The quantitative estimate of drug-likeness (QED) is 0.843. The van der Waals surface area contributed by atoms with Gasteiger partial charge in [0, 0.05) is 25.6 Å². The number of ether oxygens (including phenoxy) is 1. The van der Waals surface area contributed by atoms with Crippen molar-refractivity contribution in [2.24, 2.45) is 5.92 Å². The van der Waals surface area contributed by atoms with Gasteiger partial charge in [-0.3, -0.25) is 9.59 Å². The minimum Gasteiger partial charge on any atom is -0.495 e. The molecule has 0 N–H and O–H groups in total. The SMILES string of the molecule is CCC1CCCCN1C(=O)C1CC(=O)N(c2cc(C)ccc2OC)C1. The average molecular weight is 344 g/mol. The Morgan fingerprint density at radius 1 is 1.32 bits per heavy atom. The van der Waals surface area contributed by atoms with Crippen LogP contribution in [0.2, 0.25) is 0 Å². The maximum absolute atomic E-state index is 13.0. The molecule has 136 valence electrons. The monoisotopic (exact) mass is 344 g/mol. The summed E-state index contributed by atoms with van der Waals surface area (Å²) in [6.45, 7) is 5.41. The molecule has 2 heterocycles. The molecule has 2 amide bonds. The molecule has 0 aliphatic carbocycles. The summed E-state index contributed by atoms with van der Waals surface area (Å²) in [5, 5.41) is 0. The number of methoxy groups -OCH3 is 1. The number of aryl methyl sites for hydroxylation is 1. The molecule has 1 aromatic rings. The van der Waals surface area contributed by atoms with Crippen LogP contribution in [0.25, 0.3) is 0 Å². The zero-order chi connectivity index (χ0) is 18.0. The van der Waals surface area contributed by atoms with E-state index in [1.54, 1.807) is 12.0 Å². The van der Waals surface area contributed by atoms with Crippen molar-refractivity contribution >= 4 is 17.5 Å². The van der Waals surface area contributed by atoms with Crippen LogP contribution in [0.5, 0.6) is 5.75 Å². The van der Waals surface area contributed by atoms with Crippen molar-refractivity contribution < 1.29 is 14.3 Å². The fourth-order valence-corrected chi connectivity index (χ4v) is 4.07. The Labute approximate surface area is 149 Å². The maximum atomic E-state index is 13.0. The van der Waals surface area contributed by atoms with Gasteiger partial charge in [-0.05, 0) is 50.3 Å². The molecule has 1 aromatic carbocycles. The molecule has 5 heteroatoms. The fourth-order valence-electron chi connectivity index (χ4n) is 4.07. The number of hydrogen-bond donors (Lipinski definition) is 0. The van der Waals surface area contributed by atoms with Gasteiger partial charge in [-0.2, -0.15) is 0 Å². The number of amides is 2. The van der Waals surface area contributed by atoms with E-state index in [-0.39, 0.29) is 17.7 Å². The van der Waals surface area contributed by atoms with Crippen molar-refractivity contribution in [3.8, 4) is 5.75 Å². The Hall–Kier alpha value is -2.04. The van der Waals surface area contributed by atoms with Crippen LogP contribution >= 0.6 is 0 Å². The predicted molar refractivity (Wildman–Crippen MR) is 97.8 cm³/mol. The second-order valence-electron chi connectivity index (χ2n) is 7.17. The number of rotatable bonds is 4. The third kappa shape index (κ3) is 3.51. The number of carbonyl (C=O) groups is 2. The van der Waals surface area contributed by atoms with Crippen molar-refractivity contribution in [1.82, 2.24) is 4.90 Å². The number of anilines is 1. The van der Waals surface area contributed by atoms with Crippen molar-refractivity contribution in [1.29, 1.82) is 0 Å². The number of benzene rings is 1. The lowest BCUT2D eigenvalue weighted by Gasteiger charge is -2.36. The molecule has 0 bridgehead atoms. The van der Waals surface area contributed by atoms with E-state index in [1.165, 1.54) is 6.42 Å². The molecule has 0 radical (unpaired) electrons. The van der Waals surface area contributed by atoms with Gasteiger partial charge in [0.1, 0.15) is 5.75 Å². The number of piperidine rings is 1. The van der Waals surface area contributed by atoms with E-state index in [9.17, 15) is 9.59 Å². The number of likely N-dealkylation sites (tertiary alicyclic amines) is 1. The zero-order valence-electron chi connectivity index (χ0n) is 15.5. The smallest absolute Gasteiger partial charge is 0.228 e. The van der Waals surface area contributed by atoms with E-state index in [4.69, 9.17) is 4.74 Å². The Morgan fingerprint density at radius 3 is 2.84 bits per heavy atom. The second-order valence-corrected chi connectivity index (χ2v) is 7.17. The highest BCUT2D eigenvalue weighted by atomic mass is 16.5. The first-order valence-electron chi connectivity index (χ1n) is 9.30. The summed E-state index contributed by atoms with van der Waals surface area (Å²) in [6.07, 6.45) is 4.62. The highest BCUT2D eigenvalue weighted by molar-refractivity contribution is 6.01. The van der Waals surface area contributed by atoms with E-state index in [0.717, 1.165) is 37.1 Å². The standard InChI is InChI=1S/C20H28N2O3/c1-4-16-7-5-6-10-21(16)20(24)15-12-19(23)22(13-15)17-11-14(2)8-9-18(17)25-3/h8-9,11,15-16H,4-7,10,12-13H2,1-3H3. The predicted octanol–water partition coefficient (Wildman–Crippen LogP) is 3.15. The van der Waals surface area contributed by atoms with Gasteiger partial charge >= 0.3 is 0 Å². The van der Waals surface area contributed by atoms with E-state index in [1.807, 2.05) is 30.0 Å². The summed E-state index contributed by atoms with van der Waals surface area (Å²) in [5.74, 6) is 0.586. The Kier molecular flexibility index (Phi) is 5.30. The van der Waals surface area contributed by atoms with Gasteiger partial charge in [0.15, 0.2) is 0 Å². The Bertz CT molecular complexity index is 658. The molecule has 2 unspecified atom stereocenters. The van der Waals surface area contributed by atoms with Crippen LogP contribution in [0.4, 0.5) is 5.69 Å². The lowest BCUT2D eigenvalue weighted by Crippen LogP contribution is -2.46. The summed E-state index contributed by atoms with van der Waals surface area (Å²) < 4.78 is 5.42. The van der Waals surface area contributed by atoms with Gasteiger partial charge in [0.2, 0.25) is 11.8 Å². The van der Waals surface area contributed by atoms with Crippen LogP contribution in [0, 0.1) is 12.8 Å². The molecular weight excluding hydrogens is 316 g/mol. The Balaban J connectivity index is 1.78. The van der Waals surface area contributed by atoms with Crippen molar-refractivity contribution in [2.75, 3.05) is 25.1 Å². The number of hydrogen-bond acceptors (Lipinski definition) is 3. The summed E-state index contributed by atoms with van der Waals surface area (Å²) in [7, 11) is 1.61. The van der Waals surface area contributed by atoms with Crippen molar-refractivity contribution in [3.05, 3.63) is 23.8 Å². The highest BCUT2D eigenvalue weighted by Gasteiger charge is 2.39. The fraction of sp³-hybridized carbons (Fsp3) is 0.600. The summed E-state index contributed by atoms with van der Waals surface area (Å²) in [6, 6.07) is 6.13. The Morgan fingerprint density at radius 2 is 2.12 bits per heavy atom. The summed E-state index contributed by atoms with van der Waals surface area (Å²) in [4.78, 5) is 29.4. The van der Waals surface area contributed by atoms with Crippen molar-refractivity contribution in [2.45, 2.75) is 52.0 Å². The molecule has 2 fully saturated rings. The minimum absolute atomic E-state index is 0.00677. The summed E-state index contributed by atoms with van der Waals surface area (Å²) >= 11 is 0. The number of carbonyl (C=O) groups excluding carboxylic acids is 2. The molecule has 2 aliphatic rings. The highest BCUT2D eigenvalue weighted by Crippen LogP contribution is 2.35. The van der Waals surface area contributed by atoms with E-state index >= 15 is 0 Å². The van der Waals surface area contributed by atoms with Gasteiger partial charge < -0.3 is 14.5 Å². The van der Waals surface area contributed by atoms with Crippen molar-refractivity contribution in [3.63, 3.8) is 0 Å². The van der Waals surface area contributed by atoms with Gasteiger partial charge in [-0.1, -0.05) is 13.0 Å². The van der Waals surface area contributed by atoms with E-state index in [0.29, 0.717) is 24.8 Å². The molecule has 2 aliphatic heterocycles. The van der Waals surface area contributed by atoms with Gasteiger partial charge in [0.25, 0.3) is 0 Å². The van der Waals surface area contributed by atoms with Crippen LogP contribution in [-0.2, 0) is 9.59 Å². The molecule has 0 spiro atoms. The van der Waals surface area contributed by atoms with Crippen LogP contribution in [0.1, 0.15) is 44.6 Å². The topological polar surface area (TPSA) is 49.9 Å². The van der Waals surface area contributed by atoms with E-state index < -0.39 is 0 Å². The molecule has 0 aromatic heterocycles. The zero-order valence-corrected chi connectivity index (χ0v) is 15.5. The lowest BCUT2D eigenvalue weighted by molar-refractivity contribution is -0.139. The van der Waals surface area contributed by atoms with Crippen LogP contribution in [0.3, 0.4) is 0 Å². The van der Waals surface area contributed by atoms with Crippen LogP contribution in [0.15, 0.2) is 18.2 Å². The van der Waals surface area contributed by atoms with Crippen LogP contribution < -0.4 is 9.64 Å². The van der Waals surface area contributed by atoms with Gasteiger partial charge in [-0.25, -0.2) is 0 Å². The van der Waals surface area contributed by atoms with Gasteiger partial charge in [0.05, 0.1) is 18.7 Å². The third-order valence-corrected chi connectivity index (χ3v) is 5.48. The van der Waals surface area contributed by atoms with E-state index in [2.05, 4.69) is 6.92 Å². The maximum Gasteiger partial charge on any atom is 0.228 e. The first-order valence-corrected chi connectivity index (χ1v) is 9.30. The largest absolute Gasteiger partial charge is 0.495 e. The molecule has 3 rings (SSSR count). The van der Waals surface area contributed by atoms with Crippen LogP contribution in [-0.4, -0.2) is 43.0 Å². The average Bonchev–Trinajstić information content (AvgIpc) is 3.02. The molecular formula is C20H28N2O3. The molecule has 0 saturated carbocycles. The minimum atomic E-state index is -0.245. The lowest BCUT2D eigenvalue weighted by atomic mass is 9.97. The molecule has 2 atom stereocenters. The number of nitrogens with zero attached hydrogens (tertiary/aromatic N) is 2. The normalized spacial score (nSPS) is 23.9. The summed E-state index contributed by atoms with van der Waals surface area (Å²) in [5.41, 5.74) is 1.84. The second kappa shape index (κ2) is 7.46. The third-order valence-electron chi connectivity index (χ3n) is 5.48. The molecule has 25 heavy (non-hydrogen) atoms.